The fraction of sp³-hybridized carbons (Fsp3) is 0.304. The maximum atomic E-state index is 13.9. The maximum Gasteiger partial charge on any atom is 0.253 e. The van der Waals surface area contributed by atoms with E-state index in [0.29, 0.717) is 17.8 Å². The van der Waals surface area contributed by atoms with Gasteiger partial charge in [-0.25, -0.2) is 4.39 Å². The number of amides is 1. The van der Waals surface area contributed by atoms with Crippen LogP contribution in [0.3, 0.4) is 0 Å². The summed E-state index contributed by atoms with van der Waals surface area (Å²) in [6.07, 6.45) is 4.27. The Morgan fingerprint density at radius 1 is 1.00 bits per heavy atom. The van der Waals surface area contributed by atoms with Gasteiger partial charge in [0.05, 0.1) is 11.3 Å². The highest BCUT2D eigenvalue weighted by atomic mass is 19.1. The number of fused-ring (bicyclic) bond motifs is 1. The maximum absolute atomic E-state index is 13.9. The summed E-state index contributed by atoms with van der Waals surface area (Å²) < 4.78 is 13.9. The number of benzene rings is 2. The predicted molar refractivity (Wildman–Crippen MR) is 114 cm³/mol. The van der Waals surface area contributed by atoms with Gasteiger partial charge < -0.3 is 10.2 Å². The van der Waals surface area contributed by atoms with Crippen molar-refractivity contribution >= 4 is 22.4 Å². The zero-order valence-electron chi connectivity index (χ0n) is 16.4. The summed E-state index contributed by atoms with van der Waals surface area (Å²) >= 11 is 0. The molecule has 1 fully saturated rings. The highest BCUT2D eigenvalue weighted by Crippen LogP contribution is 2.20. The van der Waals surface area contributed by atoms with E-state index in [1.54, 1.807) is 18.5 Å². The van der Waals surface area contributed by atoms with Gasteiger partial charge in [-0.2, -0.15) is 0 Å². The number of hydrogen-bond donors (Lipinski definition) is 1. The molecule has 0 atom stereocenters. The lowest BCUT2D eigenvalue weighted by molar-refractivity contribution is 0.0953. The number of nitrogens with one attached hydrogen (secondary N) is 1. The predicted octanol–water partition coefficient (Wildman–Crippen LogP) is 3.32. The van der Waals surface area contributed by atoms with Gasteiger partial charge in [0.15, 0.2) is 0 Å². The topological polar surface area (TPSA) is 48.5 Å². The number of aromatic nitrogens is 1. The molecule has 2 heterocycles. The molecule has 3 aromatic rings. The van der Waals surface area contributed by atoms with Crippen molar-refractivity contribution in [2.75, 3.05) is 44.2 Å². The Morgan fingerprint density at radius 2 is 1.76 bits per heavy atom. The van der Waals surface area contributed by atoms with Crippen molar-refractivity contribution in [2.45, 2.75) is 6.42 Å². The largest absolute Gasteiger partial charge is 0.367 e. The van der Waals surface area contributed by atoms with Crippen molar-refractivity contribution in [3.63, 3.8) is 0 Å². The number of nitrogens with zero attached hydrogens (tertiary/aromatic N) is 3. The van der Waals surface area contributed by atoms with Gasteiger partial charge in [0.25, 0.3) is 5.91 Å². The van der Waals surface area contributed by atoms with Crippen LogP contribution in [0.1, 0.15) is 16.8 Å². The zero-order chi connectivity index (χ0) is 20.1. The van der Waals surface area contributed by atoms with Gasteiger partial charge in [-0.05, 0) is 30.5 Å². The summed E-state index contributed by atoms with van der Waals surface area (Å²) in [4.78, 5) is 21.2. The summed E-state index contributed by atoms with van der Waals surface area (Å²) in [5.41, 5.74) is 1.30. The van der Waals surface area contributed by atoms with E-state index in [1.165, 1.54) is 6.07 Å². The molecule has 150 valence electrons. The van der Waals surface area contributed by atoms with Gasteiger partial charge in [-0.3, -0.25) is 14.7 Å². The molecule has 2 aromatic carbocycles. The standard InChI is InChI=1S/C23H25FN4O/c24-21-8-3-4-9-22(21)28-14-12-27(13-15-28)11-5-10-26-23(29)20-17-25-16-18-6-1-2-7-19(18)20/h1-4,6-9,16-17H,5,10-15H2,(H,26,29). The molecule has 1 amide bonds. The van der Waals surface area contributed by atoms with Crippen LogP contribution in [-0.2, 0) is 0 Å². The quantitative estimate of drug-likeness (QED) is 0.654. The molecule has 29 heavy (non-hydrogen) atoms. The molecule has 0 saturated carbocycles. The van der Waals surface area contributed by atoms with Gasteiger partial charge in [-0.1, -0.05) is 36.4 Å². The fourth-order valence-electron chi connectivity index (χ4n) is 3.82. The summed E-state index contributed by atoms with van der Waals surface area (Å²) in [6, 6.07) is 14.7. The minimum atomic E-state index is -0.161. The molecule has 4 rings (SSSR count). The SMILES string of the molecule is O=C(NCCCN1CCN(c2ccccc2F)CC1)c1cncc2ccccc12. The third-order valence-electron chi connectivity index (χ3n) is 5.41. The van der Waals surface area contributed by atoms with Crippen LogP contribution in [0.25, 0.3) is 10.8 Å². The lowest BCUT2D eigenvalue weighted by Crippen LogP contribution is -2.47. The summed E-state index contributed by atoms with van der Waals surface area (Å²) in [6.45, 7) is 4.96. The second-order valence-electron chi connectivity index (χ2n) is 7.30. The fourth-order valence-corrected chi connectivity index (χ4v) is 3.82. The average molecular weight is 392 g/mol. The van der Waals surface area contributed by atoms with Crippen LogP contribution in [0, 0.1) is 5.82 Å². The molecule has 1 aliphatic heterocycles. The highest BCUT2D eigenvalue weighted by molar-refractivity contribution is 6.06. The lowest BCUT2D eigenvalue weighted by atomic mass is 10.1. The Morgan fingerprint density at radius 3 is 2.59 bits per heavy atom. The summed E-state index contributed by atoms with van der Waals surface area (Å²) in [7, 11) is 0. The molecule has 0 spiro atoms. The third kappa shape index (κ3) is 4.54. The van der Waals surface area contributed by atoms with E-state index in [2.05, 4.69) is 20.1 Å². The Labute approximate surface area is 170 Å². The van der Waals surface area contributed by atoms with E-state index in [9.17, 15) is 9.18 Å². The highest BCUT2D eigenvalue weighted by Gasteiger charge is 2.19. The minimum absolute atomic E-state index is 0.0846. The van der Waals surface area contributed by atoms with E-state index in [0.717, 1.165) is 49.9 Å². The molecule has 5 nitrogen and oxygen atoms in total. The number of carbonyl (C=O) groups is 1. The number of anilines is 1. The lowest BCUT2D eigenvalue weighted by Gasteiger charge is -2.36. The normalized spacial score (nSPS) is 14.9. The first-order chi connectivity index (χ1) is 14.2. The molecule has 1 saturated heterocycles. The summed E-state index contributed by atoms with van der Waals surface area (Å²) in [5, 5.41) is 4.89. The van der Waals surface area contributed by atoms with Gasteiger partial charge in [0.2, 0.25) is 0 Å². The molecule has 1 aromatic heterocycles. The van der Waals surface area contributed by atoms with E-state index in [1.807, 2.05) is 36.4 Å². The third-order valence-corrected chi connectivity index (χ3v) is 5.41. The molecule has 1 aliphatic rings. The monoisotopic (exact) mass is 392 g/mol. The number of hydrogen-bond acceptors (Lipinski definition) is 4. The van der Waals surface area contributed by atoms with Crippen LogP contribution in [-0.4, -0.2) is 55.1 Å². The van der Waals surface area contributed by atoms with Crippen LogP contribution >= 0.6 is 0 Å². The van der Waals surface area contributed by atoms with Crippen molar-refractivity contribution in [1.82, 2.24) is 15.2 Å². The second-order valence-corrected chi connectivity index (χ2v) is 7.30. The van der Waals surface area contributed by atoms with Gasteiger partial charge in [0, 0.05) is 50.5 Å². The molecule has 0 radical (unpaired) electrons. The van der Waals surface area contributed by atoms with Crippen molar-refractivity contribution in [3.8, 4) is 0 Å². The number of carbonyl (C=O) groups excluding carboxylic acids is 1. The number of halogens is 1. The molecular weight excluding hydrogens is 367 g/mol. The Kier molecular flexibility index (Phi) is 6.00. The van der Waals surface area contributed by atoms with Crippen LogP contribution < -0.4 is 10.2 Å². The minimum Gasteiger partial charge on any atom is -0.367 e. The first-order valence-electron chi connectivity index (χ1n) is 10.0. The van der Waals surface area contributed by atoms with Gasteiger partial charge in [0.1, 0.15) is 5.82 Å². The van der Waals surface area contributed by atoms with E-state index >= 15 is 0 Å². The summed E-state index contributed by atoms with van der Waals surface area (Å²) in [5.74, 6) is -0.245. The Bertz CT molecular complexity index is 980. The zero-order valence-corrected chi connectivity index (χ0v) is 16.4. The molecule has 0 aliphatic carbocycles. The molecule has 0 unspecified atom stereocenters. The van der Waals surface area contributed by atoms with E-state index < -0.39 is 0 Å². The molecule has 1 N–H and O–H groups in total. The molecule has 0 bridgehead atoms. The van der Waals surface area contributed by atoms with E-state index in [-0.39, 0.29) is 11.7 Å². The van der Waals surface area contributed by atoms with Crippen molar-refractivity contribution in [1.29, 1.82) is 0 Å². The van der Waals surface area contributed by atoms with Crippen molar-refractivity contribution in [3.05, 3.63) is 72.3 Å². The average Bonchev–Trinajstić information content (AvgIpc) is 2.77. The Hall–Kier alpha value is -2.99. The van der Waals surface area contributed by atoms with Crippen LogP contribution in [0.15, 0.2) is 60.9 Å². The number of para-hydroxylation sites is 1. The number of piperazine rings is 1. The first-order valence-corrected chi connectivity index (χ1v) is 10.0. The van der Waals surface area contributed by atoms with Crippen molar-refractivity contribution < 1.29 is 9.18 Å². The second kappa shape index (κ2) is 9.01. The van der Waals surface area contributed by atoms with Gasteiger partial charge >= 0.3 is 0 Å². The van der Waals surface area contributed by atoms with E-state index in [4.69, 9.17) is 0 Å². The van der Waals surface area contributed by atoms with Gasteiger partial charge in [-0.15, -0.1) is 0 Å². The number of rotatable bonds is 6. The van der Waals surface area contributed by atoms with Crippen LogP contribution in [0.4, 0.5) is 10.1 Å². The van der Waals surface area contributed by atoms with Crippen LogP contribution in [0.2, 0.25) is 0 Å². The Balaban J connectivity index is 1.22. The van der Waals surface area contributed by atoms with Crippen molar-refractivity contribution in [2.24, 2.45) is 0 Å². The van der Waals surface area contributed by atoms with Crippen LogP contribution in [0.5, 0.6) is 0 Å². The first kappa shape index (κ1) is 19.3. The molecular formula is C23H25FN4O. The number of pyridine rings is 1. The molecule has 6 heteroatoms. The smallest absolute Gasteiger partial charge is 0.253 e.